The van der Waals surface area contributed by atoms with Gasteiger partial charge in [-0.3, -0.25) is 0 Å². The summed E-state index contributed by atoms with van der Waals surface area (Å²) in [6, 6.07) is 0. The lowest BCUT2D eigenvalue weighted by Crippen LogP contribution is -1.48. The highest BCUT2D eigenvalue weighted by molar-refractivity contribution is 8.05. The zero-order valence-electron chi connectivity index (χ0n) is 7.31. The van der Waals surface area contributed by atoms with Crippen LogP contribution in [0.15, 0.2) is 36.6 Å². The van der Waals surface area contributed by atoms with Gasteiger partial charge in [0.1, 0.15) is 0 Å². The molecule has 1 heteroatoms. The van der Waals surface area contributed by atoms with Crippen molar-refractivity contribution in [3.05, 3.63) is 36.6 Å². The quantitative estimate of drug-likeness (QED) is 0.542. The molecule has 0 amide bonds. The van der Waals surface area contributed by atoms with Crippen LogP contribution in [0.1, 0.15) is 20.8 Å². The van der Waals surface area contributed by atoms with E-state index in [0.717, 1.165) is 4.91 Å². The van der Waals surface area contributed by atoms with E-state index in [-0.39, 0.29) is 0 Å². The van der Waals surface area contributed by atoms with Crippen molar-refractivity contribution in [2.75, 3.05) is 0 Å². The SMILES string of the molecule is C=C.C=CSC(=C)C.CC. The van der Waals surface area contributed by atoms with Crippen molar-refractivity contribution in [2.45, 2.75) is 20.8 Å². The Morgan fingerprint density at radius 1 is 1.30 bits per heavy atom. The molecule has 0 radical (unpaired) electrons. The highest BCUT2D eigenvalue weighted by Gasteiger charge is 1.71. The highest BCUT2D eigenvalue weighted by atomic mass is 32.2. The summed E-state index contributed by atoms with van der Waals surface area (Å²) in [5.41, 5.74) is 0. The molecule has 0 heterocycles. The van der Waals surface area contributed by atoms with Crippen LogP contribution in [0.2, 0.25) is 0 Å². The van der Waals surface area contributed by atoms with Crippen molar-refractivity contribution in [2.24, 2.45) is 0 Å². The first kappa shape index (κ1) is 16.3. The van der Waals surface area contributed by atoms with Crippen LogP contribution in [-0.4, -0.2) is 0 Å². The maximum Gasteiger partial charge on any atom is -0.0211 e. The smallest absolute Gasteiger partial charge is 0.0211 e. The van der Waals surface area contributed by atoms with Gasteiger partial charge in [0.05, 0.1) is 0 Å². The largest absolute Gasteiger partial charge is 0.106 e. The van der Waals surface area contributed by atoms with Crippen molar-refractivity contribution < 1.29 is 0 Å². The summed E-state index contributed by atoms with van der Waals surface area (Å²) in [6.45, 7) is 19.1. The monoisotopic (exact) mass is 158 g/mol. The zero-order valence-corrected chi connectivity index (χ0v) is 8.13. The van der Waals surface area contributed by atoms with Crippen LogP contribution < -0.4 is 0 Å². The van der Waals surface area contributed by atoms with E-state index < -0.39 is 0 Å². The average Bonchev–Trinajstić information content (AvgIpc) is 1.96. The molecule has 0 nitrogen and oxygen atoms in total. The second kappa shape index (κ2) is 23.5. The Morgan fingerprint density at radius 3 is 1.60 bits per heavy atom. The zero-order chi connectivity index (χ0) is 8.99. The third-order valence-corrected chi connectivity index (χ3v) is 0.854. The fourth-order valence-electron chi connectivity index (χ4n) is 0.142. The van der Waals surface area contributed by atoms with Crippen molar-refractivity contribution in [1.82, 2.24) is 0 Å². The summed E-state index contributed by atoms with van der Waals surface area (Å²) < 4.78 is 0. The van der Waals surface area contributed by atoms with Gasteiger partial charge in [0.25, 0.3) is 0 Å². The van der Waals surface area contributed by atoms with Gasteiger partial charge in [-0.25, -0.2) is 0 Å². The Hall–Kier alpha value is -0.430. The molecule has 0 saturated heterocycles. The topological polar surface area (TPSA) is 0 Å². The van der Waals surface area contributed by atoms with E-state index in [0.29, 0.717) is 0 Å². The maximum absolute atomic E-state index is 3.64. The van der Waals surface area contributed by atoms with Gasteiger partial charge in [-0.15, -0.1) is 24.9 Å². The van der Waals surface area contributed by atoms with Gasteiger partial charge < -0.3 is 0 Å². The maximum atomic E-state index is 3.64. The molecule has 0 saturated carbocycles. The Kier molecular flexibility index (Phi) is 38.3. The molecule has 60 valence electrons. The van der Waals surface area contributed by atoms with Crippen LogP contribution in [-0.2, 0) is 0 Å². The summed E-state index contributed by atoms with van der Waals surface area (Å²) >= 11 is 1.56. The van der Waals surface area contributed by atoms with Gasteiger partial charge >= 0.3 is 0 Å². The van der Waals surface area contributed by atoms with E-state index >= 15 is 0 Å². The van der Waals surface area contributed by atoms with Crippen LogP contribution in [0.4, 0.5) is 0 Å². The highest BCUT2D eigenvalue weighted by Crippen LogP contribution is 2.10. The van der Waals surface area contributed by atoms with E-state index in [9.17, 15) is 0 Å². The molecule has 10 heavy (non-hydrogen) atoms. The first-order valence-electron chi connectivity index (χ1n) is 3.20. The third kappa shape index (κ3) is 49.5. The molecule has 0 rings (SSSR count). The van der Waals surface area contributed by atoms with Gasteiger partial charge in [0, 0.05) is 0 Å². The summed E-state index contributed by atoms with van der Waals surface area (Å²) in [4.78, 5) is 1.09. The molecule has 0 aromatic rings. The average molecular weight is 158 g/mol. The van der Waals surface area contributed by atoms with Gasteiger partial charge in [0.2, 0.25) is 0 Å². The molecule has 0 aromatic heterocycles. The standard InChI is InChI=1S/C5H8S.C2H6.C2H4/c1-4-6-5(2)3;2*1-2/h4H,1-2H2,3H3;1-2H3;1-2H2. The molecule has 0 aliphatic heterocycles. The van der Waals surface area contributed by atoms with Crippen molar-refractivity contribution in [3.63, 3.8) is 0 Å². The summed E-state index contributed by atoms with van der Waals surface area (Å²) in [6.07, 6.45) is 0. The Bertz CT molecular complexity index is 74.8. The molecular formula is C9H18S. The van der Waals surface area contributed by atoms with Gasteiger partial charge in [-0.2, -0.15) is 0 Å². The molecule has 0 fully saturated rings. The van der Waals surface area contributed by atoms with Crippen molar-refractivity contribution in [1.29, 1.82) is 0 Å². The van der Waals surface area contributed by atoms with Crippen LogP contribution in [0, 0.1) is 0 Å². The molecule has 0 bridgehead atoms. The molecule has 0 spiro atoms. The Balaban J connectivity index is -0.000000105. The lowest BCUT2D eigenvalue weighted by molar-refractivity contribution is 1.50. The summed E-state index contributed by atoms with van der Waals surface area (Å²) in [5.74, 6) is 0. The first-order valence-corrected chi connectivity index (χ1v) is 4.08. The molecule has 0 atom stereocenters. The van der Waals surface area contributed by atoms with Crippen LogP contribution in [0.3, 0.4) is 0 Å². The van der Waals surface area contributed by atoms with E-state index in [4.69, 9.17) is 0 Å². The van der Waals surface area contributed by atoms with Crippen molar-refractivity contribution >= 4 is 11.8 Å². The minimum atomic E-state index is 1.09. The summed E-state index contributed by atoms with van der Waals surface area (Å²) in [5, 5.41) is 1.77. The predicted octanol–water partition coefficient (Wildman–Crippen LogP) is 4.23. The van der Waals surface area contributed by atoms with E-state index in [1.54, 1.807) is 17.2 Å². The summed E-state index contributed by atoms with van der Waals surface area (Å²) in [7, 11) is 0. The number of thioether (sulfide) groups is 1. The second-order valence-corrected chi connectivity index (χ2v) is 2.25. The van der Waals surface area contributed by atoms with E-state index in [2.05, 4.69) is 26.3 Å². The second-order valence-electron chi connectivity index (χ2n) is 0.987. The fourth-order valence-corrected chi connectivity index (χ4v) is 0.427. The number of allylic oxidation sites excluding steroid dienone is 1. The number of hydrogen-bond donors (Lipinski definition) is 0. The van der Waals surface area contributed by atoms with Crippen LogP contribution >= 0.6 is 11.8 Å². The van der Waals surface area contributed by atoms with Gasteiger partial charge in [0.15, 0.2) is 0 Å². The molecule has 0 aliphatic rings. The first-order chi connectivity index (χ1) is 4.77. The normalized spacial score (nSPS) is 5.50. The van der Waals surface area contributed by atoms with Gasteiger partial charge in [-0.05, 0) is 17.2 Å². The Labute approximate surface area is 69.7 Å². The third-order valence-electron chi connectivity index (χ3n) is 0.285. The molecule has 0 unspecified atom stereocenters. The minimum absolute atomic E-state index is 1.09. The molecule has 0 N–H and O–H groups in total. The van der Waals surface area contributed by atoms with Crippen LogP contribution in [0.5, 0.6) is 0 Å². The van der Waals surface area contributed by atoms with E-state index in [1.807, 2.05) is 20.8 Å². The lowest BCUT2D eigenvalue weighted by atomic mass is 10.8. The predicted molar refractivity (Wildman–Crippen MR) is 55.2 cm³/mol. The van der Waals surface area contributed by atoms with E-state index in [1.165, 1.54) is 0 Å². The van der Waals surface area contributed by atoms with Gasteiger partial charge in [-0.1, -0.05) is 27.0 Å². The fraction of sp³-hybridized carbons (Fsp3) is 0.333. The van der Waals surface area contributed by atoms with Crippen molar-refractivity contribution in [3.8, 4) is 0 Å². The molecular weight excluding hydrogens is 140 g/mol. The minimum Gasteiger partial charge on any atom is -0.106 e. The lowest BCUT2D eigenvalue weighted by Gasteiger charge is -1.82. The molecule has 0 aromatic carbocycles. The number of rotatable bonds is 2. The Morgan fingerprint density at radius 2 is 1.60 bits per heavy atom. The molecule has 0 aliphatic carbocycles. The number of hydrogen-bond acceptors (Lipinski definition) is 1. The van der Waals surface area contributed by atoms with Crippen LogP contribution in [0.25, 0.3) is 0 Å².